The van der Waals surface area contributed by atoms with Gasteiger partial charge in [-0.2, -0.15) is 23.0 Å². The van der Waals surface area contributed by atoms with Crippen LogP contribution in [0.2, 0.25) is 5.02 Å². The van der Waals surface area contributed by atoms with Gasteiger partial charge in [0.05, 0.1) is 30.2 Å². The quantitative estimate of drug-likeness (QED) is 0.671. The molecule has 1 N–H and O–H groups in total. The second-order valence-electron chi connectivity index (χ2n) is 7.21. The summed E-state index contributed by atoms with van der Waals surface area (Å²) in [7, 11) is 0. The molecule has 3 rings (SSSR count). The van der Waals surface area contributed by atoms with Crippen LogP contribution in [0.5, 0.6) is 0 Å². The smallest absolute Gasteiger partial charge is 0.417 e. The molecule has 0 aliphatic carbocycles. The van der Waals surface area contributed by atoms with Gasteiger partial charge in [-0.3, -0.25) is 4.79 Å². The SMILES string of the molecule is CC(C)(C)c1cnc(CNc2cnn(-c3ccc(C(F)(F)F)cn3)c(=O)c2Cl)o1. The van der Waals surface area contributed by atoms with Gasteiger partial charge < -0.3 is 9.73 Å². The standard InChI is InChI=1S/C18H17ClF3N5O2/c1-17(2,3)12-8-25-14(29-12)9-23-11-7-26-27(16(28)15(11)19)13-5-4-10(6-24-13)18(20,21)22/h4-8,23H,9H2,1-3H3. The van der Waals surface area contributed by atoms with Gasteiger partial charge in [0.15, 0.2) is 5.82 Å². The largest absolute Gasteiger partial charge is 0.443 e. The van der Waals surface area contributed by atoms with E-state index in [9.17, 15) is 18.0 Å². The molecule has 3 aromatic heterocycles. The van der Waals surface area contributed by atoms with Crippen LogP contribution in [0.3, 0.4) is 0 Å². The fourth-order valence-electron chi connectivity index (χ4n) is 2.31. The molecular weight excluding hydrogens is 411 g/mol. The number of rotatable bonds is 4. The van der Waals surface area contributed by atoms with E-state index in [1.54, 1.807) is 6.20 Å². The fraction of sp³-hybridized carbons (Fsp3) is 0.333. The lowest BCUT2D eigenvalue weighted by Crippen LogP contribution is -2.23. The number of hydrogen-bond donors (Lipinski definition) is 1. The van der Waals surface area contributed by atoms with Crippen LogP contribution in [0, 0.1) is 0 Å². The minimum atomic E-state index is -4.53. The first-order valence-electron chi connectivity index (χ1n) is 8.47. The van der Waals surface area contributed by atoms with Crippen molar-refractivity contribution in [1.29, 1.82) is 0 Å². The molecule has 0 aliphatic rings. The van der Waals surface area contributed by atoms with Crippen molar-refractivity contribution in [1.82, 2.24) is 19.7 Å². The molecule has 7 nitrogen and oxygen atoms in total. The lowest BCUT2D eigenvalue weighted by Gasteiger charge is -2.13. The third-order valence-corrected chi connectivity index (χ3v) is 4.30. The van der Waals surface area contributed by atoms with Gasteiger partial charge in [0.1, 0.15) is 10.8 Å². The molecule has 0 fully saturated rings. The molecule has 0 saturated carbocycles. The van der Waals surface area contributed by atoms with Gasteiger partial charge in [0.25, 0.3) is 5.56 Å². The zero-order chi connectivity index (χ0) is 21.4. The predicted molar refractivity (Wildman–Crippen MR) is 100 cm³/mol. The first-order valence-corrected chi connectivity index (χ1v) is 8.85. The lowest BCUT2D eigenvalue weighted by atomic mass is 9.94. The van der Waals surface area contributed by atoms with E-state index in [0.717, 1.165) is 16.8 Å². The molecule has 0 spiro atoms. The molecule has 154 valence electrons. The molecule has 0 radical (unpaired) electrons. The molecule has 0 aromatic carbocycles. The number of halogens is 4. The van der Waals surface area contributed by atoms with Crippen LogP contribution < -0.4 is 10.9 Å². The molecule has 0 aliphatic heterocycles. The second-order valence-corrected chi connectivity index (χ2v) is 7.59. The molecule has 0 amide bonds. The summed E-state index contributed by atoms with van der Waals surface area (Å²) >= 11 is 6.10. The molecule has 3 aromatic rings. The average molecular weight is 428 g/mol. The van der Waals surface area contributed by atoms with Gasteiger partial charge in [-0.15, -0.1) is 0 Å². The first kappa shape index (κ1) is 20.8. The van der Waals surface area contributed by atoms with Crippen LogP contribution in [-0.4, -0.2) is 19.7 Å². The molecular formula is C18H17ClF3N5O2. The number of alkyl halides is 3. The zero-order valence-corrected chi connectivity index (χ0v) is 16.5. The number of oxazole rings is 1. The Hall–Kier alpha value is -2.88. The van der Waals surface area contributed by atoms with Gasteiger partial charge >= 0.3 is 6.18 Å². The highest BCUT2D eigenvalue weighted by atomic mass is 35.5. The summed E-state index contributed by atoms with van der Waals surface area (Å²) in [6.45, 7) is 6.13. The number of pyridine rings is 1. The Morgan fingerprint density at radius 2 is 1.86 bits per heavy atom. The monoisotopic (exact) mass is 427 g/mol. The van der Waals surface area contributed by atoms with Crippen molar-refractivity contribution < 1.29 is 17.6 Å². The molecule has 0 unspecified atom stereocenters. The highest BCUT2D eigenvalue weighted by Gasteiger charge is 2.30. The Labute approximate surface area is 168 Å². The highest BCUT2D eigenvalue weighted by molar-refractivity contribution is 6.32. The second kappa shape index (κ2) is 7.51. The van der Waals surface area contributed by atoms with Gasteiger partial charge in [-0.05, 0) is 12.1 Å². The van der Waals surface area contributed by atoms with Crippen molar-refractivity contribution in [3.8, 4) is 5.82 Å². The average Bonchev–Trinajstić information content (AvgIpc) is 3.12. The van der Waals surface area contributed by atoms with Crippen LogP contribution >= 0.6 is 11.6 Å². The minimum absolute atomic E-state index is 0.0843. The normalized spacial score (nSPS) is 12.2. The Balaban J connectivity index is 1.79. The summed E-state index contributed by atoms with van der Waals surface area (Å²) in [5, 5.41) is 6.64. The number of hydrogen-bond acceptors (Lipinski definition) is 6. The maximum absolute atomic E-state index is 12.6. The van der Waals surface area contributed by atoms with E-state index in [-0.39, 0.29) is 28.5 Å². The Kier molecular flexibility index (Phi) is 5.40. The van der Waals surface area contributed by atoms with Crippen LogP contribution in [0.4, 0.5) is 18.9 Å². The predicted octanol–water partition coefficient (Wildman–Crippen LogP) is 4.20. The summed E-state index contributed by atoms with van der Waals surface area (Å²) < 4.78 is 44.4. The van der Waals surface area contributed by atoms with E-state index in [1.165, 1.54) is 6.20 Å². The Morgan fingerprint density at radius 3 is 2.41 bits per heavy atom. The van der Waals surface area contributed by atoms with Crippen molar-refractivity contribution in [3.05, 3.63) is 63.3 Å². The van der Waals surface area contributed by atoms with E-state index >= 15 is 0 Å². The van der Waals surface area contributed by atoms with Crippen molar-refractivity contribution >= 4 is 17.3 Å². The van der Waals surface area contributed by atoms with E-state index in [0.29, 0.717) is 17.8 Å². The maximum Gasteiger partial charge on any atom is 0.417 e. The van der Waals surface area contributed by atoms with Gasteiger partial charge in [0, 0.05) is 11.6 Å². The number of anilines is 1. The zero-order valence-electron chi connectivity index (χ0n) is 15.7. The van der Waals surface area contributed by atoms with Crippen molar-refractivity contribution in [2.24, 2.45) is 0 Å². The minimum Gasteiger partial charge on any atom is -0.443 e. The maximum atomic E-state index is 12.6. The van der Waals surface area contributed by atoms with Gasteiger partial charge in [0.2, 0.25) is 5.89 Å². The van der Waals surface area contributed by atoms with E-state index in [4.69, 9.17) is 16.0 Å². The van der Waals surface area contributed by atoms with Crippen molar-refractivity contribution in [2.75, 3.05) is 5.32 Å². The number of aromatic nitrogens is 4. The Morgan fingerprint density at radius 1 is 1.14 bits per heavy atom. The number of nitrogens with one attached hydrogen (secondary N) is 1. The number of nitrogens with zero attached hydrogens (tertiary/aromatic N) is 4. The summed E-state index contributed by atoms with van der Waals surface area (Å²) in [4.78, 5) is 20.3. The summed E-state index contributed by atoms with van der Waals surface area (Å²) in [5.41, 5.74) is -1.62. The van der Waals surface area contributed by atoms with E-state index in [2.05, 4.69) is 20.4 Å². The van der Waals surface area contributed by atoms with Gasteiger partial charge in [-0.25, -0.2) is 9.97 Å². The fourth-order valence-corrected chi connectivity index (χ4v) is 2.50. The third kappa shape index (κ3) is 4.58. The van der Waals surface area contributed by atoms with Crippen LogP contribution in [0.15, 0.2) is 39.9 Å². The summed E-state index contributed by atoms with van der Waals surface area (Å²) in [6, 6.07) is 1.85. The lowest BCUT2D eigenvalue weighted by molar-refractivity contribution is -0.137. The summed E-state index contributed by atoms with van der Waals surface area (Å²) in [5.74, 6) is 1.03. The van der Waals surface area contributed by atoms with Crippen molar-refractivity contribution in [3.63, 3.8) is 0 Å². The van der Waals surface area contributed by atoms with E-state index < -0.39 is 17.3 Å². The van der Waals surface area contributed by atoms with E-state index in [1.807, 2.05) is 20.8 Å². The molecule has 29 heavy (non-hydrogen) atoms. The molecule has 0 atom stereocenters. The third-order valence-electron chi connectivity index (χ3n) is 3.93. The van der Waals surface area contributed by atoms with Crippen molar-refractivity contribution in [2.45, 2.75) is 38.9 Å². The molecule has 11 heteroatoms. The van der Waals surface area contributed by atoms with Crippen LogP contribution in [-0.2, 0) is 18.1 Å². The molecule has 0 saturated heterocycles. The Bertz CT molecular complexity index is 1070. The highest BCUT2D eigenvalue weighted by Crippen LogP contribution is 2.28. The van der Waals surface area contributed by atoms with Gasteiger partial charge in [-0.1, -0.05) is 32.4 Å². The summed E-state index contributed by atoms with van der Waals surface area (Å²) in [6.07, 6.45) is -0.997. The molecule has 0 bridgehead atoms. The van der Waals surface area contributed by atoms with Crippen LogP contribution in [0.25, 0.3) is 5.82 Å². The first-order chi connectivity index (χ1) is 13.5. The van der Waals surface area contributed by atoms with Crippen LogP contribution in [0.1, 0.15) is 38.0 Å². The molecule has 3 heterocycles. The topological polar surface area (TPSA) is 85.8 Å².